The van der Waals surface area contributed by atoms with Crippen LogP contribution in [0.5, 0.6) is 5.75 Å². The Labute approximate surface area is 95.3 Å². The molecule has 1 aromatic rings. The number of esters is 1. The molecule has 0 amide bonds. The van der Waals surface area contributed by atoms with Crippen LogP contribution in [0.25, 0.3) is 0 Å². The second kappa shape index (κ2) is 5.39. The molecule has 0 aliphatic heterocycles. The van der Waals surface area contributed by atoms with Crippen molar-refractivity contribution >= 4 is 11.7 Å². The molecule has 0 fully saturated rings. The van der Waals surface area contributed by atoms with E-state index in [0.29, 0.717) is 29.5 Å². The standard InChI is InChI=1S/C12H17NO3/c1-8(2)7-16-11-5-4-9(6-10(11)13)12(14)15-3/h4-6,8H,7,13H2,1-3H3. The maximum Gasteiger partial charge on any atom is 0.337 e. The lowest BCUT2D eigenvalue weighted by molar-refractivity contribution is 0.0600. The highest BCUT2D eigenvalue weighted by Crippen LogP contribution is 2.23. The van der Waals surface area contributed by atoms with Crippen LogP contribution in [-0.2, 0) is 4.74 Å². The van der Waals surface area contributed by atoms with E-state index in [9.17, 15) is 4.79 Å². The number of nitrogen functional groups attached to an aromatic ring is 1. The average molecular weight is 223 g/mol. The topological polar surface area (TPSA) is 61.5 Å². The molecule has 2 N–H and O–H groups in total. The number of carbonyl (C=O) groups is 1. The van der Waals surface area contributed by atoms with Gasteiger partial charge in [0.1, 0.15) is 5.75 Å². The molecule has 1 aromatic carbocycles. The predicted octanol–water partition coefficient (Wildman–Crippen LogP) is 2.09. The number of methoxy groups -OCH3 is 1. The Morgan fingerprint density at radius 1 is 1.44 bits per heavy atom. The van der Waals surface area contributed by atoms with Gasteiger partial charge in [0.15, 0.2) is 0 Å². The van der Waals surface area contributed by atoms with Gasteiger partial charge in [0, 0.05) is 0 Å². The molecule has 0 atom stereocenters. The Morgan fingerprint density at radius 3 is 2.62 bits per heavy atom. The minimum Gasteiger partial charge on any atom is -0.491 e. The Bertz CT molecular complexity index is 375. The summed E-state index contributed by atoms with van der Waals surface area (Å²) in [6.45, 7) is 4.71. The SMILES string of the molecule is COC(=O)c1ccc(OCC(C)C)c(N)c1. The van der Waals surface area contributed by atoms with Gasteiger partial charge in [-0.3, -0.25) is 0 Å². The molecule has 0 aromatic heterocycles. The summed E-state index contributed by atoms with van der Waals surface area (Å²) in [6, 6.07) is 4.88. The normalized spacial score (nSPS) is 10.2. The van der Waals surface area contributed by atoms with Crippen LogP contribution in [0.15, 0.2) is 18.2 Å². The number of benzene rings is 1. The number of hydrogen-bond donors (Lipinski definition) is 1. The Hall–Kier alpha value is -1.71. The molecule has 0 saturated heterocycles. The van der Waals surface area contributed by atoms with Crippen molar-refractivity contribution in [1.29, 1.82) is 0 Å². The largest absolute Gasteiger partial charge is 0.491 e. The van der Waals surface area contributed by atoms with Crippen molar-refractivity contribution in [2.24, 2.45) is 5.92 Å². The molecule has 0 bridgehead atoms. The first-order valence-corrected chi connectivity index (χ1v) is 5.15. The third-order valence-corrected chi connectivity index (χ3v) is 2.00. The van der Waals surface area contributed by atoms with Crippen LogP contribution in [0.1, 0.15) is 24.2 Å². The highest BCUT2D eigenvalue weighted by Gasteiger charge is 2.08. The number of hydrogen-bond acceptors (Lipinski definition) is 4. The number of carbonyl (C=O) groups excluding carboxylic acids is 1. The van der Waals surface area contributed by atoms with Crippen LogP contribution < -0.4 is 10.5 Å². The van der Waals surface area contributed by atoms with Gasteiger partial charge in [0.05, 0.1) is 25.0 Å². The fourth-order valence-corrected chi connectivity index (χ4v) is 1.18. The third-order valence-electron chi connectivity index (χ3n) is 2.00. The van der Waals surface area contributed by atoms with Crippen LogP contribution >= 0.6 is 0 Å². The molecule has 1 rings (SSSR count). The molecule has 16 heavy (non-hydrogen) atoms. The van der Waals surface area contributed by atoms with Gasteiger partial charge in [-0.15, -0.1) is 0 Å². The summed E-state index contributed by atoms with van der Waals surface area (Å²) >= 11 is 0. The molecule has 0 heterocycles. The van der Waals surface area contributed by atoms with E-state index in [1.807, 2.05) is 0 Å². The van der Waals surface area contributed by atoms with Crippen LogP contribution in [0.3, 0.4) is 0 Å². The van der Waals surface area contributed by atoms with Gasteiger partial charge in [0.2, 0.25) is 0 Å². The minimum absolute atomic E-state index is 0.401. The maximum atomic E-state index is 11.2. The Kier molecular flexibility index (Phi) is 4.17. The predicted molar refractivity (Wildman–Crippen MR) is 62.5 cm³/mol. The quantitative estimate of drug-likeness (QED) is 0.627. The van der Waals surface area contributed by atoms with Crippen molar-refractivity contribution < 1.29 is 14.3 Å². The zero-order valence-electron chi connectivity index (χ0n) is 9.82. The molecule has 0 radical (unpaired) electrons. The third kappa shape index (κ3) is 3.15. The first kappa shape index (κ1) is 12.4. The number of anilines is 1. The first-order chi connectivity index (χ1) is 7.54. The second-order valence-corrected chi connectivity index (χ2v) is 3.95. The van der Waals surface area contributed by atoms with E-state index < -0.39 is 5.97 Å². The molecule has 0 saturated carbocycles. The molecule has 0 aliphatic carbocycles. The fourth-order valence-electron chi connectivity index (χ4n) is 1.18. The summed E-state index contributed by atoms with van der Waals surface area (Å²) in [7, 11) is 1.34. The summed E-state index contributed by atoms with van der Waals surface area (Å²) in [5, 5.41) is 0. The lowest BCUT2D eigenvalue weighted by Crippen LogP contribution is -2.07. The molecule has 4 nitrogen and oxygen atoms in total. The number of nitrogens with two attached hydrogens (primary N) is 1. The van der Waals surface area contributed by atoms with E-state index >= 15 is 0 Å². The zero-order valence-corrected chi connectivity index (χ0v) is 9.82. The van der Waals surface area contributed by atoms with Gasteiger partial charge < -0.3 is 15.2 Å². The van der Waals surface area contributed by atoms with Gasteiger partial charge in [-0.25, -0.2) is 4.79 Å². The number of ether oxygens (including phenoxy) is 2. The van der Waals surface area contributed by atoms with Crippen LogP contribution in [0.4, 0.5) is 5.69 Å². The fraction of sp³-hybridized carbons (Fsp3) is 0.417. The zero-order chi connectivity index (χ0) is 12.1. The highest BCUT2D eigenvalue weighted by molar-refractivity contribution is 5.90. The Morgan fingerprint density at radius 2 is 2.12 bits per heavy atom. The molecule has 4 heteroatoms. The van der Waals surface area contributed by atoms with Gasteiger partial charge in [-0.2, -0.15) is 0 Å². The molecular formula is C12H17NO3. The summed E-state index contributed by atoms with van der Waals surface area (Å²) in [6.07, 6.45) is 0. The second-order valence-electron chi connectivity index (χ2n) is 3.95. The van der Waals surface area contributed by atoms with E-state index in [1.54, 1.807) is 18.2 Å². The lowest BCUT2D eigenvalue weighted by atomic mass is 10.2. The summed E-state index contributed by atoms with van der Waals surface area (Å²) in [5.74, 6) is 0.628. The van der Waals surface area contributed by atoms with Gasteiger partial charge in [0.25, 0.3) is 0 Å². The maximum absolute atomic E-state index is 11.2. The molecule has 88 valence electrons. The Balaban J connectivity index is 2.79. The van der Waals surface area contributed by atoms with E-state index in [2.05, 4.69) is 18.6 Å². The van der Waals surface area contributed by atoms with Crippen molar-refractivity contribution in [3.8, 4) is 5.75 Å². The molecular weight excluding hydrogens is 206 g/mol. The average Bonchev–Trinajstić information content (AvgIpc) is 2.26. The first-order valence-electron chi connectivity index (χ1n) is 5.15. The van der Waals surface area contributed by atoms with Gasteiger partial charge >= 0.3 is 5.97 Å². The summed E-state index contributed by atoms with van der Waals surface area (Å²) in [5.41, 5.74) is 6.64. The van der Waals surface area contributed by atoms with E-state index in [1.165, 1.54) is 7.11 Å². The number of rotatable bonds is 4. The van der Waals surface area contributed by atoms with Crippen LogP contribution in [0.2, 0.25) is 0 Å². The van der Waals surface area contributed by atoms with Crippen LogP contribution in [-0.4, -0.2) is 19.7 Å². The van der Waals surface area contributed by atoms with E-state index in [0.717, 1.165) is 0 Å². The van der Waals surface area contributed by atoms with Crippen molar-refractivity contribution in [3.05, 3.63) is 23.8 Å². The van der Waals surface area contributed by atoms with E-state index in [4.69, 9.17) is 10.5 Å². The van der Waals surface area contributed by atoms with Crippen LogP contribution in [0, 0.1) is 5.92 Å². The molecule has 0 unspecified atom stereocenters. The van der Waals surface area contributed by atoms with Crippen molar-refractivity contribution in [1.82, 2.24) is 0 Å². The molecule has 0 spiro atoms. The smallest absolute Gasteiger partial charge is 0.337 e. The van der Waals surface area contributed by atoms with E-state index in [-0.39, 0.29) is 0 Å². The van der Waals surface area contributed by atoms with Gasteiger partial charge in [-0.05, 0) is 24.1 Å². The summed E-state index contributed by atoms with van der Waals surface area (Å²) < 4.78 is 10.1. The lowest BCUT2D eigenvalue weighted by Gasteiger charge is -2.11. The van der Waals surface area contributed by atoms with Crippen molar-refractivity contribution in [2.75, 3.05) is 19.5 Å². The molecule has 0 aliphatic rings. The monoisotopic (exact) mass is 223 g/mol. The summed E-state index contributed by atoms with van der Waals surface area (Å²) in [4.78, 5) is 11.2. The highest BCUT2D eigenvalue weighted by atomic mass is 16.5. The van der Waals surface area contributed by atoms with Crippen molar-refractivity contribution in [3.63, 3.8) is 0 Å². The van der Waals surface area contributed by atoms with Crippen molar-refractivity contribution in [2.45, 2.75) is 13.8 Å². The minimum atomic E-state index is -0.401. The van der Waals surface area contributed by atoms with Gasteiger partial charge in [-0.1, -0.05) is 13.8 Å².